The summed E-state index contributed by atoms with van der Waals surface area (Å²) in [4.78, 5) is 0. The minimum atomic E-state index is -4.12. The molecule has 1 fully saturated rings. The first-order valence-corrected chi connectivity index (χ1v) is 4.34. The molecule has 1 N–H and O–H groups in total. The average molecular weight is 198 g/mol. The molecule has 1 aliphatic rings. The molecular weight excluding hydrogens is 185 g/mol. The topological polar surface area (TPSA) is 29.5 Å². The largest absolute Gasteiger partial charge is 0.393 e. The molecule has 78 valence electrons. The Labute approximate surface area is 74.7 Å². The summed E-state index contributed by atoms with van der Waals surface area (Å²) in [5, 5.41) is 9.15. The maximum absolute atomic E-state index is 11.8. The Morgan fingerprint density at radius 1 is 1.38 bits per heavy atom. The van der Waals surface area contributed by atoms with Crippen molar-refractivity contribution in [3.05, 3.63) is 0 Å². The van der Waals surface area contributed by atoms with Crippen LogP contribution in [0.2, 0.25) is 0 Å². The van der Waals surface area contributed by atoms with E-state index in [0.29, 0.717) is 19.4 Å². The summed E-state index contributed by atoms with van der Waals surface area (Å²) in [6.45, 7) is 0.365. The van der Waals surface area contributed by atoms with Crippen LogP contribution in [-0.4, -0.2) is 30.1 Å². The van der Waals surface area contributed by atoms with Crippen molar-refractivity contribution in [2.24, 2.45) is 0 Å². The summed E-state index contributed by atoms with van der Waals surface area (Å²) in [5.74, 6) is 0. The number of hydrogen-bond acceptors (Lipinski definition) is 2. The lowest BCUT2D eigenvalue weighted by Gasteiger charge is -2.26. The number of rotatable bonds is 2. The van der Waals surface area contributed by atoms with Gasteiger partial charge in [0.1, 0.15) is 0 Å². The zero-order chi connectivity index (χ0) is 9.90. The predicted molar refractivity (Wildman–Crippen MR) is 40.3 cm³/mol. The van der Waals surface area contributed by atoms with E-state index < -0.39 is 24.8 Å². The Hall–Kier alpha value is -0.290. The predicted octanol–water partition coefficient (Wildman–Crippen LogP) is 1.87. The molecule has 0 radical (unpaired) electrons. The number of hydrogen-bond donors (Lipinski definition) is 1. The third kappa shape index (κ3) is 4.47. The van der Waals surface area contributed by atoms with Crippen LogP contribution in [0.3, 0.4) is 0 Å². The van der Waals surface area contributed by atoms with Crippen molar-refractivity contribution in [3.8, 4) is 0 Å². The Bertz CT molecular complexity index is 158. The van der Waals surface area contributed by atoms with Gasteiger partial charge in [0.05, 0.1) is 12.2 Å². The smallest absolute Gasteiger partial charge is 0.389 e. The molecule has 1 rings (SSSR count). The Kier molecular flexibility index (Phi) is 3.55. The van der Waals surface area contributed by atoms with Crippen molar-refractivity contribution in [3.63, 3.8) is 0 Å². The van der Waals surface area contributed by atoms with Crippen LogP contribution in [0.25, 0.3) is 0 Å². The van der Waals surface area contributed by atoms with Gasteiger partial charge < -0.3 is 9.84 Å². The molecule has 1 aliphatic heterocycles. The lowest BCUT2D eigenvalue weighted by atomic mass is 10.0. The SMILES string of the molecule is OC1CCOC(CCC(F)(F)F)C1. The molecule has 0 bridgehead atoms. The molecule has 1 heterocycles. The van der Waals surface area contributed by atoms with Gasteiger partial charge in [-0.05, 0) is 19.3 Å². The first-order chi connectivity index (χ1) is 5.97. The van der Waals surface area contributed by atoms with Gasteiger partial charge in [0.2, 0.25) is 0 Å². The van der Waals surface area contributed by atoms with E-state index in [1.54, 1.807) is 0 Å². The second-order valence-corrected chi connectivity index (χ2v) is 3.32. The molecule has 2 atom stereocenters. The van der Waals surface area contributed by atoms with Gasteiger partial charge in [0.15, 0.2) is 0 Å². The molecular formula is C8H13F3O2. The summed E-state index contributed by atoms with van der Waals surface area (Å²) < 4.78 is 40.5. The lowest BCUT2D eigenvalue weighted by molar-refractivity contribution is -0.146. The highest BCUT2D eigenvalue weighted by Crippen LogP contribution is 2.26. The number of aliphatic hydroxyl groups is 1. The normalized spacial score (nSPS) is 30.5. The second kappa shape index (κ2) is 4.28. The van der Waals surface area contributed by atoms with Crippen LogP contribution in [0.1, 0.15) is 25.7 Å². The maximum atomic E-state index is 11.8. The van der Waals surface area contributed by atoms with E-state index in [0.717, 1.165) is 0 Å². The fraction of sp³-hybridized carbons (Fsp3) is 1.00. The summed E-state index contributed by atoms with van der Waals surface area (Å²) in [5.41, 5.74) is 0. The molecule has 2 unspecified atom stereocenters. The molecule has 0 spiro atoms. The van der Waals surface area contributed by atoms with Crippen molar-refractivity contribution in [1.29, 1.82) is 0 Å². The molecule has 5 heteroatoms. The Balaban J connectivity index is 2.21. The number of ether oxygens (including phenoxy) is 1. The van der Waals surface area contributed by atoms with Crippen LogP contribution in [0, 0.1) is 0 Å². The monoisotopic (exact) mass is 198 g/mol. The van der Waals surface area contributed by atoms with Crippen LogP contribution in [-0.2, 0) is 4.74 Å². The molecule has 1 saturated heterocycles. The van der Waals surface area contributed by atoms with Crippen molar-refractivity contribution in [1.82, 2.24) is 0 Å². The van der Waals surface area contributed by atoms with E-state index in [4.69, 9.17) is 9.84 Å². The number of aliphatic hydroxyl groups excluding tert-OH is 1. The van der Waals surface area contributed by atoms with Crippen molar-refractivity contribution in [2.45, 2.75) is 44.1 Å². The fourth-order valence-corrected chi connectivity index (χ4v) is 1.39. The Morgan fingerprint density at radius 2 is 2.08 bits per heavy atom. The number of halogens is 3. The second-order valence-electron chi connectivity index (χ2n) is 3.32. The van der Waals surface area contributed by atoms with E-state index in [9.17, 15) is 13.2 Å². The van der Waals surface area contributed by atoms with E-state index in [2.05, 4.69) is 0 Å². The molecule has 0 amide bonds. The zero-order valence-corrected chi connectivity index (χ0v) is 7.18. The van der Waals surface area contributed by atoms with Gasteiger partial charge in [-0.2, -0.15) is 13.2 Å². The quantitative estimate of drug-likeness (QED) is 0.733. The van der Waals surface area contributed by atoms with Gasteiger partial charge in [-0.25, -0.2) is 0 Å². The fourth-order valence-electron chi connectivity index (χ4n) is 1.39. The molecule has 0 aromatic heterocycles. The van der Waals surface area contributed by atoms with Gasteiger partial charge in [-0.3, -0.25) is 0 Å². The number of alkyl halides is 3. The van der Waals surface area contributed by atoms with Crippen molar-refractivity contribution < 1.29 is 23.0 Å². The zero-order valence-electron chi connectivity index (χ0n) is 7.18. The van der Waals surface area contributed by atoms with Crippen LogP contribution in [0.15, 0.2) is 0 Å². The summed E-state index contributed by atoms with van der Waals surface area (Å²) in [6, 6.07) is 0. The summed E-state index contributed by atoms with van der Waals surface area (Å²) in [7, 11) is 0. The Morgan fingerprint density at radius 3 is 2.62 bits per heavy atom. The summed E-state index contributed by atoms with van der Waals surface area (Å²) in [6.07, 6.45) is -5.05. The van der Waals surface area contributed by atoms with Crippen LogP contribution in [0.5, 0.6) is 0 Å². The minimum Gasteiger partial charge on any atom is -0.393 e. The van der Waals surface area contributed by atoms with E-state index in [1.807, 2.05) is 0 Å². The van der Waals surface area contributed by atoms with Gasteiger partial charge >= 0.3 is 6.18 Å². The van der Waals surface area contributed by atoms with Crippen LogP contribution < -0.4 is 0 Å². The van der Waals surface area contributed by atoms with Gasteiger partial charge in [-0.1, -0.05) is 0 Å². The highest BCUT2D eigenvalue weighted by molar-refractivity contribution is 4.71. The highest BCUT2D eigenvalue weighted by atomic mass is 19.4. The average Bonchev–Trinajstić information content (AvgIpc) is 2.00. The first-order valence-electron chi connectivity index (χ1n) is 4.34. The van der Waals surface area contributed by atoms with Crippen molar-refractivity contribution >= 4 is 0 Å². The van der Waals surface area contributed by atoms with Gasteiger partial charge in [0.25, 0.3) is 0 Å². The standard InChI is InChI=1S/C8H13F3O2/c9-8(10,11)3-1-7-5-6(12)2-4-13-7/h6-7,12H,1-5H2. The van der Waals surface area contributed by atoms with Gasteiger partial charge in [0, 0.05) is 13.0 Å². The van der Waals surface area contributed by atoms with Crippen LogP contribution in [0.4, 0.5) is 13.2 Å². The maximum Gasteiger partial charge on any atom is 0.389 e. The molecule has 0 saturated carbocycles. The van der Waals surface area contributed by atoms with E-state index in [1.165, 1.54) is 0 Å². The van der Waals surface area contributed by atoms with Gasteiger partial charge in [-0.15, -0.1) is 0 Å². The summed E-state index contributed by atoms with van der Waals surface area (Å²) >= 11 is 0. The van der Waals surface area contributed by atoms with Crippen LogP contribution >= 0.6 is 0 Å². The molecule has 13 heavy (non-hydrogen) atoms. The molecule has 2 nitrogen and oxygen atoms in total. The minimum absolute atomic E-state index is 0.0411. The third-order valence-corrected chi connectivity index (χ3v) is 2.09. The third-order valence-electron chi connectivity index (χ3n) is 2.09. The molecule has 0 aromatic rings. The molecule has 0 aliphatic carbocycles. The molecule has 0 aromatic carbocycles. The van der Waals surface area contributed by atoms with Crippen molar-refractivity contribution in [2.75, 3.05) is 6.61 Å². The van der Waals surface area contributed by atoms with E-state index in [-0.39, 0.29) is 6.42 Å². The highest BCUT2D eigenvalue weighted by Gasteiger charge is 2.30. The first kappa shape index (κ1) is 10.8. The van der Waals surface area contributed by atoms with E-state index >= 15 is 0 Å². The lowest BCUT2D eigenvalue weighted by Crippen LogP contribution is -2.29.